The summed E-state index contributed by atoms with van der Waals surface area (Å²) in [6, 6.07) is 0.313. The first-order valence-corrected chi connectivity index (χ1v) is 5.70. The Morgan fingerprint density at radius 3 is 2.67 bits per heavy atom. The molecular formula is C11H22N2O2. The standard InChI is InChI=1S/C11H22N2O2/c1-4-9(2)13(5-6-15-3)11(14)10-7-12-8-10/h9-10,12H,4-8H2,1-3H3. The van der Waals surface area contributed by atoms with E-state index in [1.807, 2.05) is 4.90 Å². The molecule has 88 valence electrons. The summed E-state index contributed by atoms with van der Waals surface area (Å²) in [6.07, 6.45) is 0.996. The van der Waals surface area contributed by atoms with Crippen LogP contribution in [-0.2, 0) is 9.53 Å². The van der Waals surface area contributed by atoms with E-state index in [0.717, 1.165) is 19.5 Å². The average Bonchev–Trinajstić information content (AvgIpc) is 2.15. The summed E-state index contributed by atoms with van der Waals surface area (Å²) in [4.78, 5) is 14.0. The minimum absolute atomic E-state index is 0.191. The molecule has 1 rings (SSSR count). The van der Waals surface area contributed by atoms with E-state index in [1.165, 1.54) is 0 Å². The summed E-state index contributed by atoms with van der Waals surface area (Å²) in [5, 5.41) is 3.13. The molecule has 0 aromatic heterocycles. The molecule has 1 aliphatic rings. The Kier molecular flexibility index (Phi) is 5.05. The zero-order valence-electron chi connectivity index (χ0n) is 9.95. The van der Waals surface area contributed by atoms with Gasteiger partial charge in [0.1, 0.15) is 0 Å². The van der Waals surface area contributed by atoms with Gasteiger partial charge in [0, 0.05) is 32.8 Å². The number of methoxy groups -OCH3 is 1. The van der Waals surface area contributed by atoms with Crippen LogP contribution in [0.2, 0.25) is 0 Å². The number of ether oxygens (including phenoxy) is 1. The molecule has 15 heavy (non-hydrogen) atoms. The van der Waals surface area contributed by atoms with Crippen LogP contribution in [0.3, 0.4) is 0 Å². The number of nitrogens with zero attached hydrogens (tertiary/aromatic N) is 1. The second-order valence-corrected chi connectivity index (χ2v) is 4.14. The zero-order valence-corrected chi connectivity index (χ0v) is 9.95. The Bertz CT molecular complexity index is 205. The van der Waals surface area contributed by atoms with Gasteiger partial charge in [0.15, 0.2) is 0 Å². The average molecular weight is 214 g/mol. The minimum atomic E-state index is 0.191. The van der Waals surface area contributed by atoms with Gasteiger partial charge in [-0.2, -0.15) is 0 Å². The molecule has 0 aliphatic carbocycles. The van der Waals surface area contributed by atoms with E-state index in [0.29, 0.717) is 19.2 Å². The zero-order chi connectivity index (χ0) is 11.3. The van der Waals surface area contributed by atoms with Gasteiger partial charge < -0.3 is 15.0 Å². The monoisotopic (exact) mass is 214 g/mol. The summed E-state index contributed by atoms with van der Waals surface area (Å²) in [7, 11) is 1.67. The van der Waals surface area contributed by atoms with Crippen LogP contribution in [-0.4, -0.2) is 50.2 Å². The molecule has 1 unspecified atom stereocenters. The lowest BCUT2D eigenvalue weighted by Crippen LogP contribution is -2.54. The van der Waals surface area contributed by atoms with E-state index in [1.54, 1.807) is 7.11 Å². The van der Waals surface area contributed by atoms with Crippen molar-refractivity contribution in [1.29, 1.82) is 0 Å². The van der Waals surface area contributed by atoms with E-state index < -0.39 is 0 Å². The lowest BCUT2D eigenvalue weighted by Gasteiger charge is -2.35. The van der Waals surface area contributed by atoms with Gasteiger partial charge >= 0.3 is 0 Å². The fourth-order valence-electron chi connectivity index (χ4n) is 1.66. The maximum Gasteiger partial charge on any atom is 0.228 e. The quantitative estimate of drug-likeness (QED) is 0.699. The van der Waals surface area contributed by atoms with E-state index >= 15 is 0 Å². The number of hydrogen-bond acceptors (Lipinski definition) is 3. The first kappa shape index (κ1) is 12.5. The van der Waals surface area contributed by atoms with Gasteiger partial charge in [0.05, 0.1) is 12.5 Å². The Morgan fingerprint density at radius 1 is 1.60 bits per heavy atom. The van der Waals surface area contributed by atoms with Crippen LogP contribution >= 0.6 is 0 Å². The fourth-order valence-corrected chi connectivity index (χ4v) is 1.66. The van der Waals surface area contributed by atoms with Crippen LogP contribution in [0, 0.1) is 5.92 Å². The molecule has 1 heterocycles. The van der Waals surface area contributed by atoms with Crippen molar-refractivity contribution in [2.24, 2.45) is 5.92 Å². The molecule has 1 aliphatic heterocycles. The van der Waals surface area contributed by atoms with Crippen LogP contribution in [0.15, 0.2) is 0 Å². The molecule has 0 aromatic carbocycles. The van der Waals surface area contributed by atoms with Crippen molar-refractivity contribution < 1.29 is 9.53 Å². The molecular weight excluding hydrogens is 192 g/mol. The molecule has 1 N–H and O–H groups in total. The highest BCUT2D eigenvalue weighted by Crippen LogP contribution is 2.12. The Balaban J connectivity index is 2.49. The van der Waals surface area contributed by atoms with Gasteiger partial charge in [-0.15, -0.1) is 0 Å². The first-order chi connectivity index (χ1) is 7.20. The summed E-state index contributed by atoms with van der Waals surface area (Å²) in [6.45, 7) is 7.20. The number of rotatable bonds is 6. The Hall–Kier alpha value is -0.610. The van der Waals surface area contributed by atoms with Crippen molar-refractivity contribution in [1.82, 2.24) is 10.2 Å². The van der Waals surface area contributed by atoms with E-state index in [4.69, 9.17) is 4.74 Å². The molecule has 1 amide bonds. The normalized spacial score (nSPS) is 18.3. The summed E-state index contributed by atoms with van der Waals surface area (Å²) < 4.78 is 5.04. The van der Waals surface area contributed by atoms with Crippen molar-refractivity contribution in [3.63, 3.8) is 0 Å². The maximum absolute atomic E-state index is 12.1. The molecule has 1 atom stereocenters. The van der Waals surface area contributed by atoms with Crippen LogP contribution < -0.4 is 5.32 Å². The fraction of sp³-hybridized carbons (Fsp3) is 0.909. The molecule has 0 saturated carbocycles. The number of carbonyl (C=O) groups is 1. The van der Waals surface area contributed by atoms with Gasteiger partial charge in [0.2, 0.25) is 5.91 Å². The van der Waals surface area contributed by atoms with Crippen LogP contribution in [0.4, 0.5) is 0 Å². The van der Waals surface area contributed by atoms with Crippen molar-refractivity contribution in [2.75, 3.05) is 33.4 Å². The third-order valence-electron chi connectivity index (χ3n) is 3.07. The number of hydrogen-bond donors (Lipinski definition) is 1. The van der Waals surface area contributed by atoms with Crippen molar-refractivity contribution >= 4 is 5.91 Å². The first-order valence-electron chi connectivity index (χ1n) is 5.70. The third-order valence-corrected chi connectivity index (χ3v) is 3.07. The SMILES string of the molecule is CCC(C)N(CCOC)C(=O)C1CNC1. The summed E-state index contributed by atoms with van der Waals surface area (Å²) in [5.41, 5.74) is 0. The molecule has 0 aromatic rings. The largest absolute Gasteiger partial charge is 0.383 e. The Labute approximate surface area is 92.0 Å². The molecule has 1 saturated heterocycles. The van der Waals surface area contributed by atoms with Gasteiger partial charge in [0.25, 0.3) is 0 Å². The van der Waals surface area contributed by atoms with Crippen molar-refractivity contribution in [3.05, 3.63) is 0 Å². The van der Waals surface area contributed by atoms with Gasteiger partial charge in [-0.05, 0) is 13.3 Å². The van der Waals surface area contributed by atoms with E-state index in [-0.39, 0.29) is 11.8 Å². The summed E-state index contributed by atoms with van der Waals surface area (Å²) >= 11 is 0. The van der Waals surface area contributed by atoms with Gasteiger partial charge in [-0.1, -0.05) is 6.92 Å². The number of carbonyl (C=O) groups excluding carboxylic acids is 1. The minimum Gasteiger partial charge on any atom is -0.383 e. The highest BCUT2D eigenvalue weighted by Gasteiger charge is 2.30. The number of amides is 1. The predicted molar refractivity (Wildman–Crippen MR) is 59.7 cm³/mol. The summed E-state index contributed by atoms with van der Waals surface area (Å²) in [5.74, 6) is 0.469. The number of nitrogens with one attached hydrogen (secondary N) is 1. The molecule has 1 fully saturated rings. The molecule has 0 spiro atoms. The van der Waals surface area contributed by atoms with E-state index in [9.17, 15) is 4.79 Å². The second kappa shape index (κ2) is 6.08. The van der Waals surface area contributed by atoms with Crippen LogP contribution in [0.5, 0.6) is 0 Å². The highest BCUT2D eigenvalue weighted by molar-refractivity contribution is 5.80. The van der Waals surface area contributed by atoms with Crippen molar-refractivity contribution in [2.45, 2.75) is 26.3 Å². The lowest BCUT2D eigenvalue weighted by molar-refractivity contribution is -0.140. The third kappa shape index (κ3) is 3.18. The van der Waals surface area contributed by atoms with Gasteiger partial charge in [-0.3, -0.25) is 4.79 Å². The van der Waals surface area contributed by atoms with Crippen LogP contribution in [0.1, 0.15) is 20.3 Å². The van der Waals surface area contributed by atoms with Crippen molar-refractivity contribution in [3.8, 4) is 0 Å². The highest BCUT2D eigenvalue weighted by atomic mass is 16.5. The Morgan fingerprint density at radius 2 is 2.27 bits per heavy atom. The van der Waals surface area contributed by atoms with E-state index in [2.05, 4.69) is 19.2 Å². The molecule has 0 radical (unpaired) electrons. The second-order valence-electron chi connectivity index (χ2n) is 4.14. The smallest absolute Gasteiger partial charge is 0.228 e. The maximum atomic E-state index is 12.1. The lowest BCUT2D eigenvalue weighted by atomic mass is 10.0. The molecule has 4 heteroatoms. The molecule has 4 nitrogen and oxygen atoms in total. The van der Waals surface area contributed by atoms with Gasteiger partial charge in [-0.25, -0.2) is 0 Å². The molecule has 0 bridgehead atoms. The van der Waals surface area contributed by atoms with Crippen LogP contribution in [0.25, 0.3) is 0 Å². The topological polar surface area (TPSA) is 41.6 Å². The predicted octanol–water partition coefficient (Wildman–Crippen LogP) is 0.479.